The van der Waals surface area contributed by atoms with Crippen molar-refractivity contribution in [3.8, 4) is 11.6 Å². The molecule has 138 valence electrons. The molecule has 5 nitrogen and oxygen atoms in total. The second-order valence-electron chi connectivity index (χ2n) is 6.20. The lowest BCUT2D eigenvalue weighted by Gasteiger charge is -2.14. The van der Waals surface area contributed by atoms with Gasteiger partial charge in [0.2, 0.25) is 5.88 Å². The van der Waals surface area contributed by atoms with Crippen molar-refractivity contribution < 1.29 is 5.11 Å². The molecule has 4 aromatic rings. The smallest absolute Gasteiger partial charge is 0.265 e. The van der Waals surface area contributed by atoms with Gasteiger partial charge in [-0.15, -0.1) is 0 Å². The first-order chi connectivity index (χ1) is 13.7. The van der Waals surface area contributed by atoms with Gasteiger partial charge in [0.15, 0.2) is 0 Å². The first kappa shape index (κ1) is 17.9. The van der Waals surface area contributed by atoms with E-state index in [-0.39, 0.29) is 11.4 Å². The minimum atomic E-state index is -0.340. The number of fused-ring (bicyclic) bond motifs is 1. The molecule has 2 heterocycles. The van der Waals surface area contributed by atoms with Gasteiger partial charge in [0.1, 0.15) is 0 Å². The molecule has 2 aromatic carbocycles. The number of pyridine rings is 2. The summed E-state index contributed by atoms with van der Waals surface area (Å²) in [7, 11) is 0. The van der Waals surface area contributed by atoms with Gasteiger partial charge in [0.05, 0.1) is 22.8 Å². The fourth-order valence-corrected chi connectivity index (χ4v) is 3.30. The zero-order chi connectivity index (χ0) is 19.5. The van der Waals surface area contributed by atoms with Crippen LogP contribution >= 0.6 is 11.6 Å². The summed E-state index contributed by atoms with van der Waals surface area (Å²) in [5, 5.41) is 12.4. The molecule has 0 unspecified atom stereocenters. The number of aromatic nitrogens is 2. The Bertz CT molecular complexity index is 1230. The zero-order valence-electron chi connectivity index (χ0n) is 14.8. The predicted molar refractivity (Wildman–Crippen MR) is 112 cm³/mol. The number of hydrogen-bond acceptors (Lipinski definition) is 4. The Balaban J connectivity index is 1.90. The molecule has 0 aliphatic rings. The third kappa shape index (κ3) is 3.28. The second kappa shape index (κ2) is 7.66. The molecule has 0 amide bonds. The highest BCUT2D eigenvalue weighted by Crippen LogP contribution is 2.28. The van der Waals surface area contributed by atoms with Gasteiger partial charge in [-0.25, -0.2) is 4.57 Å². The van der Waals surface area contributed by atoms with Gasteiger partial charge in [0, 0.05) is 29.4 Å². The monoisotopic (exact) mass is 389 g/mol. The van der Waals surface area contributed by atoms with Crippen LogP contribution in [0, 0.1) is 0 Å². The van der Waals surface area contributed by atoms with Crippen molar-refractivity contribution >= 4 is 28.6 Å². The van der Waals surface area contributed by atoms with Crippen molar-refractivity contribution in [1.82, 2.24) is 9.55 Å². The molecule has 4 rings (SSSR count). The van der Waals surface area contributed by atoms with Crippen LogP contribution in [-0.2, 0) is 6.54 Å². The average molecular weight is 390 g/mol. The number of benzene rings is 2. The molecule has 6 heteroatoms. The number of aromatic hydroxyl groups is 1. The third-order valence-electron chi connectivity index (χ3n) is 4.44. The largest absolute Gasteiger partial charge is 0.494 e. The summed E-state index contributed by atoms with van der Waals surface area (Å²) < 4.78 is 1.22. The van der Waals surface area contributed by atoms with Crippen molar-refractivity contribution in [2.45, 2.75) is 6.54 Å². The summed E-state index contributed by atoms with van der Waals surface area (Å²) in [5.74, 6) is -0.199. The second-order valence-corrected chi connectivity index (χ2v) is 6.61. The Kier molecular flexibility index (Phi) is 4.91. The molecule has 28 heavy (non-hydrogen) atoms. The van der Waals surface area contributed by atoms with E-state index < -0.39 is 0 Å². The number of rotatable bonds is 4. The number of aliphatic imine (C=N–C) groups is 1. The number of hydrogen-bond donors (Lipinski definition) is 1. The molecule has 0 radical (unpaired) electrons. The van der Waals surface area contributed by atoms with Crippen molar-refractivity contribution in [3.63, 3.8) is 0 Å². The van der Waals surface area contributed by atoms with Crippen LogP contribution in [0.1, 0.15) is 11.1 Å². The molecule has 0 aliphatic heterocycles. The predicted octanol–water partition coefficient (Wildman–Crippen LogP) is 4.36. The van der Waals surface area contributed by atoms with Crippen molar-refractivity contribution in [2.24, 2.45) is 4.99 Å². The fraction of sp³-hybridized carbons (Fsp3) is 0.0455. The Hall–Kier alpha value is -3.44. The Labute approximate surface area is 166 Å². The molecule has 1 N–H and O–H groups in total. The standard InChI is InChI=1S/C22H16ClN3O2/c23-19-7-3-4-8-20(19)26-21(27)17-6-2-1-5-16(17)18(22(26)28)14-25-13-15-9-11-24-12-10-15/h1-12,14,28H,13H2. The molecule has 0 aliphatic carbocycles. The SMILES string of the molecule is O=c1c2ccccc2c(C=NCc2ccncc2)c(O)n1-c1ccccc1Cl. The van der Waals surface area contributed by atoms with Crippen molar-refractivity contribution in [3.05, 3.63) is 99.6 Å². The van der Waals surface area contributed by atoms with Gasteiger partial charge in [-0.3, -0.25) is 14.8 Å². The van der Waals surface area contributed by atoms with E-state index in [4.69, 9.17) is 11.6 Å². The molecule has 2 aromatic heterocycles. The van der Waals surface area contributed by atoms with E-state index in [1.807, 2.05) is 18.2 Å². The zero-order valence-corrected chi connectivity index (χ0v) is 15.5. The molecule has 0 saturated carbocycles. The highest BCUT2D eigenvalue weighted by Gasteiger charge is 2.17. The lowest BCUT2D eigenvalue weighted by molar-refractivity contribution is 0.436. The molecule has 0 fully saturated rings. The molecule has 0 saturated heterocycles. The van der Waals surface area contributed by atoms with Gasteiger partial charge in [-0.1, -0.05) is 41.9 Å². The molecular weight excluding hydrogens is 374 g/mol. The number of nitrogens with zero attached hydrogens (tertiary/aromatic N) is 3. The minimum absolute atomic E-state index is 0.199. The van der Waals surface area contributed by atoms with E-state index in [1.54, 1.807) is 61.1 Å². The summed E-state index contributed by atoms with van der Waals surface area (Å²) in [4.78, 5) is 21.5. The van der Waals surface area contributed by atoms with E-state index in [1.165, 1.54) is 4.57 Å². The normalized spacial score (nSPS) is 11.3. The molecule has 0 bridgehead atoms. The molecule has 0 spiro atoms. The van der Waals surface area contributed by atoms with Crippen LogP contribution in [0.4, 0.5) is 0 Å². The molecular formula is C22H16ClN3O2. The Morgan fingerprint density at radius 1 is 1.00 bits per heavy atom. The van der Waals surface area contributed by atoms with Crippen LogP contribution in [0.2, 0.25) is 5.02 Å². The van der Waals surface area contributed by atoms with Gasteiger partial charge >= 0.3 is 0 Å². The summed E-state index contributed by atoms with van der Waals surface area (Å²) in [6.45, 7) is 0.432. The van der Waals surface area contributed by atoms with Gasteiger partial charge in [-0.2, -0.15) is 0 Å². The van der Waals surface area contributed by atoms with E-state index >= 15 is 0 Å². The first-order valence-corrected chi connectivity index (χ1v) is 9.05. The van der Waals surface area contributed by atoms with E-state index in [0.29, 0.717) is 33.6 Å². The lowest BCUT2D eigenvalue weighted by atomic mass is 10.1. The van der Waals surface area contributed by atoms with E-state index in [9.17, 15) is 9.90 Å². The minimum Gasteiger partial charge on any atom is -0.494 e. The summed E-state index contributed by atoms with van der Waals surface area (Å²) in [6.07, 6.45) is 5.00. The summed E-state index contributed by atoms with van der Waals surface area (Å²) in [6, 6.07) is 17.8. The van der Waals surface area contributed by atoms with E-state index in [2.05, 4.69) is 9.98 Å². The number of para-hydroxylation sites is 1. The van der Waals surface area contributed by atoms with Crippen LogP contribution < -0.4 is 5.56 Å². The highest BCUT2D eigenvalue weighted by atomic mass is 35.5. The topological polar surface area (TPSA) is 67.5 Å². The van der Waals surface area contributed by atoms with Crippen molar-refractivity contribution in [2.75, 3.05) is 0 Å². The maximum absolute atomic E-state index is 13.0. The van der Waals surface area contributed by atoms with Gasteiger partial charge in [0.25, 0.3) is 5.56 Å². The van der Waals surface area contributed by atoms with Crippen LogP contribution in [0.15, 0.2) is 82.8 Å². The summed E-state index contributed by atoms with van der Waals surface area (Å²) >= 11 is 6.28. The van der Waals surface area contributed by atoms with Crippen molar-refractivity contribution in [1.29, 1.82) is 0 Å². The van der Waals surface area contributed by atoms with Crippen LogP contribution in [0.25, 0.3) is 16.5 Å². The highest BCUT2D eigenvalue weighted by molar-refractivity contribution is 6.32. The van der Waals surface area contributed by atoms with Gasteiger partial charge < -0.3 is 5.11 Å². The van der Waals surface area contributed by atoms with Crippen LogP contribution in [0.5, 0.6) is 5.88 Å². The maximum Gasteiger partial charge on any atom is 0.265 e. The lowest BCUT2D eigenvalue weighted by Crippen LogP contribution is -2.20. The van der Waals surface area contributed by atoms with Crippen LogP contribution in [0.3, 0.4) is 0 Å². The molecule has 0 atom stereocenters. The quantitative estimate of drug-likeness (QED) is 0.527. The average Bonchev–Trinajstić information content (AvgIpc) is 2.73. The Morgan fingerprint density at radius 2 is 1.68 bits per heavy atom. The van der Waals surface area contributed by atoms with Gasteiger partial charge in [-0.05, 0) is 35.9 Å². The maximum atomic E-state index is 13.0. The first-order valence-electron chi connectivity index (χ1n) is 8.67. The summed E-state index contributed by atoms with van der Waals surface area (Å²) in [5.41, 5.74) is 1.53. The van der Waals surface area contributed by atoms with E-state index in [0.717, 1.165) is 5.56 Å². The fourth-order valence-electron chi connectivity index (χ4n) is 3.08. The Morgan fingerprint density at radius 3 is 2.43 bits per heavy atom. The number of halogens is 1. The van der Waals surface area contributed by atoms with Crippen LogP contribution in [-0.4, -0.2) is 20.9 Å². The third-order valence-corrected chi connectivity index (χ3v) is 4.76.